The Balaban J connectivity index is 1.87. The zero-order valence-electron chi connectivity index (χ0n) is 19.5. The Labute approximate surface area is 205 Å². The molecule has 0 radical (unpaired) electrons. The van der Waals surface area contributed by atoms with E-state index in [2.05, 4.69) is 34.2 Å². The first-order valence-electron chi connectivity index (χ1n) is 10.7. The van der Waals surface area contributed by atoms with Crippen LogP contribution in [0.25, 0.3) is 5.69 Å². The molecular formula is C23H28N6O3S2. The first-order valence-corrected chi connectivity index (χ1v) is 13.0. The lowest BCUT2D eigenvalue weighted by molar-refractivity contribution is 0.0977. The minimum atomic E-state index is -3.34. The van der Waals surface area contributed by atoms with Crippen molar-refractivity contribution in [1.29, 1.82) is 0 Å². The second kappa shape index (κ2) is 10.9. The molecule has 11 heteroatoms. The summed E-state index contributed by atoms with van der Waals surface area (Å²) in [6.07, 6.45) is 2.75. The van der Waals surface area contributed by atoms with Gasteiger partial charge in [0.25, 0.3) is 5.91 Å². The molecule has 180 valence electrons. The molecule has 0 spiro atoms. The van der Waals surface area contributed by atoms with Crippen molar-refractivity contribution < 1.29 is 13.2 Å². The van der Waals surface area contributed by atoms with Crippen LogP contribution in [-0.4, -0.2) is 47.2 Å². The number of carbonyl (C=O) groups is 1. The summed E-state index contributed by atoms with van der Waals surface area (Å²) in [4.78, 5) is 14.6. The summed E-state index contributed by atoms with van der Waals surface area (Å²) in [7, 11) is -3.34. The Kier molecular flexibility index (Phi) is 8.13. The number of thiocarbonyl (C=S) groups is 1. The number of nitrogens with zero attached hydrogens (tertiary/aromatic N) is 4. The predicted molar refractivity (Wildman–Crippen MR) is 136 cm³/mol. The van der Waals surface area contributed by atoms with Crippen LogP contribution in [0.2, 0.25) is 0 Å². The fraction of sp³-hybridized carbons (Fsp3) is 0.304. The lowest BCUT2D eigenvalue weighted by atomic mass is 10.1. The summed E-state index contributed by atoms with van der Waals surface area (Å²) >= 11 is 5.64. The number of hydrogen-bond donors (Lipinski definition) is 2. The third-order valence-electron chi connectivity index (χ3n) is 4.85. The highest BCUT2D eigenvalue weighted by molar-refractivity contribution is 7.88. The Bertz CT molecular complexity index is 1270. The van der Waals surface area contributed by atoms with Crippen molar-refractivity contribution in [3.63, 3.8) is 0 Å². The van der Waals surface area contributed by atoms with E-state index in [1.807, 2.05) is 36.1 Å². The van der Waals surface area contributed by atoms with Crippen LogP contribution < -0.4 is 14.9 Å². The first-order chi connectivity index (χ1) is 16.0. The number of anilines is 1. The number of aromatic nitrogens is 3. The average molecular weight is 501 g/mol. The lowest BCUT2D eigenvalue weighted by Gasteiger charge is -2.29. The van der Waals surface area contributed by atoms with Crippen LogP contribution >= 0.6 is 12.2 Å². The lowest BCUT2D eigenvalue weighted by Crippen LogP contribution is -2.44. The summed E-state index contributed by atoms with van der Waals surface area (Å²) in [5.41, 5.74) is 3.54. The third kappa shape index (κ3) is 6.92. The van der Waals surface area contributed by atoms with Crippen molar-refractivity contribution >= 4 is 38.9 Å². The largest absolute Gasteiger partial charge is 0.318 e. The van der Waals surface area contributed by atoms with Crippen molar-refractivity contribution in [1.82, 2.24) is 25.0 Å². The van der Waals surface area contributed by atoms with Crippen molar-refractivity contribution in [3.8, 4) is 5.69 Å². The molecule has 34 heavy (non-hydrogen) atoms. The Hall–Kier alpha value is -3.15. The minimum absolute atomic E-state index is 0.0482. The summed E-state index contributed by atoms with van der Waals surface area (Å²) in [5.74, 6) is 0.00197. The van der Waals surface area contributed by atoms with Crippen molar-refractivity contribution in [2.45, 2.75) is 27.3 Å². The Morgan fingerprint density at radius 2 is 1.88 bits per heavy atom. The quantitative estimate of drug-likeness (QED) is 0.458. The molecule has 3 rings (SSSR count). The van der Waals surface area contributed by atoms with E-state index < -0.39 is 10.0 Å². The molecule has 2 aromatic carbocycles. The molecule has 0 saturated heterocycles. The molecule has 0 aliphatic rings. The van der Waals surface area contributed by atoms with Crippen LogP contribution in [0.5, 0.6) is 0 Å². The minimum Gasteiger partial charge on any atom is -0.318 e. The first kappa shape index (κ1) is 25.5. The Morgan fingerprint density at radius 3 is 2.53 bits per heavy atom. The van der Waals surface area contributed by atoms with Crippen LogP contribution in [0, 0.1) is 12.8 Å². The summed E-state index contributed by atoms with van der Waals surface area (Å²) in [6.45, 7) is 6.77. The topological polar surface area (TPSA) is 109 Å². The normalized spacial score (nSPS) is 11.4. The summed E-state index contributed by atoms with van der Waals surface area (Å²) in [5, 5.41) is 11.3. The fourth-order valence-corrected chi connectivity index (χ4v) is 3.90. The highest BCUT2D eigenvalue weighted by atomic mass is 32.2. The highest BCUT2D eigenvalue weighted by Gasteiger charge is 2.19. The molecule has 1 heterocycles. The van der Waals surface area contributed by atoms with E-state index in [0.717, 1.165) is 23.2 Å². The molecule has 0 saturated carbocycles. The van der Waals surface area contributed by atoms with Gasteiger partial charge in [-0.15, -0.1) is 5.10 Å². The van der Waals surface area contributed by atoms with Gasteiger partial charge in [0, 0.05) is 17.8 Å². The number of benzene rings is 2. The van der Waals surface area contributed by atoms with Crippen LogP contribution in [0.3, 0.4) is 0 Å². The molecule has 1 aromatic heterocycles. The maximum Gasteiger partial charge on any atom is 0.257 e. The Morgan fingerprint density at radius 1 is 1.18 bits per heavy atom. The molecule has 0 bridgehead atoms. The standard InChI is InChI=1S/C23H28N6O3S2/c1-16(2)14-28(23(33)25-22(30)18-8-6-5-7-9-18)21-12-20(11-10-17(21)3)29-15-19(26-27-29)13-24-34(4,31)32/h5-12,15-16,24H,13-14H2,1-4H3,(H,25,30,33). The van der Waals surface area contributed by atoms with Gasteiger partial charge in [-0.05, 0) is 54.9 Å². The van der Waals surface area contributed by atoms with Gasteiger partial charge in [0.05, 0.1) is 30.4 Å². The molecule has 1 amide bonds. The fourth-order valence-electron chi connectivity index (χ4n) is 3.22. The van der Waals surface area contributed by atoms with E-state index in [-0.39, 0.29) is 18.4 Å². The number of nitrogens with one attached hydrogen (secondary N) is 2. The van der Waals surface area contributed by atoms with Gasteiger partial charge in [0.2, 0.25) is 10.0 Å². The van der Waals surface area contributed by atoms with E-state index in [1.165, 1.54) is 0 Å². The van der Waals surface area contributed by atoms with Gasteiger partial charge in [-0.2, -0.15) is 0 Å². The van der Waals surface area contributed by atoms with E-state index in [9.17, 15) is 13.2 Å². The van der Waals surface area contributed by atoms with E-state index in [1.54, 1.807) is 35.1 Å². The summed E-state index contributed by atoms with van der Waals surface area (Å²) < 4.78 is 26.7. The van der Waals surface area contributed by atoms with Crippen LogP contribution in [-0.2, 0) is 16.6 Å². The van der Waals surface area contributed by atoms with Crippen LogP contribution in [0.1, 0.15) is 35.5 Å². The molecule has 0 fully saturated rings. The molecule has 0 aliphatic carbocycles. The van der Waals surface area contributed by atoms with Gasteiger partial charge in [0.15, 0.2) is 5.11 Å². The second-order valence-electron chi connectivity index (χ2n) is 8.35. The number of hydrogen-bond acceptors (Lipinski definition) is 6. The van der Waals surface area contributed by atoms with E-state index in [0.29, 0.717) is 22.9 Å². The predicted octanol–water partition coefficient (Wildman–Crippen LogP) is 2.80. The third-order valence-corrected chi connectivity index (χ3v) is 5.84. The number of aryl methyl sites for hydroxylation is 1. The van der Waals surface area contributed by atoms with Gasteiger partial charge in [-0.1, -0.05) is 43.3 Å². The van der Waals surface area contributed by atoms with Gasteiger partial charge in [0.1, 0.15) is 0 Å². The monoisotopic (exact) mass is 500 g/mol. The maximum atomic E-state index is 12.7. The SMILES string of the molecule is Cc1ccc(-n2cc(CNS(C)(=O)=O)nn2)cc1N(CC(C)C)C(=S)NC(=O)c1ccccc1. The van der Waals surface area contributed by atoms with Crippen LogP contribution in [0.15, 0.2) is 54.7 Å². The van der Waals surface area contributed by atoms with Crippen molar-refractivity contribution in [2.24, 2.45) is 5.92 Å². The molecule has 9 nitrogen and oxygen atoms in total. The maximum absolute atomic E-state index is 12.7. The molecule has 3 aromatic rings. The number of sulfonamides is 1. The molecule has 2 N–H and O–H groups in total. The zero-order chi connectivity index (χ0) is 24.9. The molecule has 0 atom stereocenters. The number of amides is 1. The number of rotatable bonds is 8. The zero-order valence-corrected chi connectivity index (χ0v) is 21.2. The molecule has 0 aliphatic heterocycles. The number of carbonyl (C=O) groups excluding carboxylic acids is 1. The van der Waals surface area contributed by atoms with E-state index >= 15 is 0 Å². The van der Waals surface area contributed by atoms with Gasteiger partial charge < -0.3 is 4.90 Å². The van der Waals surface area contributed by atoms with Crippen molar-refractivity contribution in [3.05, 3.63) is 71.5 Å². The second-order valence-corrected chi connectivity index (χ2v) is 10.6. The summed E-state index contributed by atoms with van der Waals surface area (Å²) in [6, 6.07) is 14.7. The van der Waals surface area contributed by atoms with Crippen molar-refractivity contribution in [2.75, 3.05) is 17.7 Å². The average Bonchev–Trinajstić information content (AvgIpc) is 3.26. The van der Waals surface area contributed by atoms with Gasteiger partial charge >= 0.3 is 0 Å². The molecule has 0 unspecified atom stereocenters. The highest BCUT2D eigenvalue weighted by Crippen LogP contribution is 2.25. The van der Waals surface area contributed by atoms with Crippen LogP contribution in [0.4, 0.5) is 5.69 Å². The smallest absolute Gasteiger partial charge is 0.257 e. The molecular weight excluding hydrogens is 472 g/mol. The van der Waals surface area contributed by atoms with Gasteiger partial charge in [-0.25, -0.2) is 17.8 Å². The van der Waals surface area contributed by atoms with E-state index in [4.69, 9.17) is 12.2 Å². The van der Waals surface area contributed by atoms with Gasteiger partial charge in [-0.3, -0.25) is 10.1 Å².